The van der Waals surface area contributed by atoms with Crippen LogP contribution in [0.25, 0.3) is 34.5 Å². The van der Waals surface area contributed by atoms with E-state index in [4.69, 9.17) is 4.42 Å². The Balaban J connectivity index is 1.25. The summed E-state index contributed by atoms with van der Waals surface area (Å²) < 4.78 is 5.93. The van der Waals surface area contributed by atoms with E-state index in [0.29, 0.717) is 5.89 Å². The molecule has 0 N–H and O–H groups in total. The minimum absolute atomic E-state index is 0.572. The van der Waals surface area contributed by atoms with Gasteiger partial charge in [-0.1, -0.05) is 54.6 Å². The minimum atomic E-state index is 0.572. The third kappa shape index (κ3) is 4.52. The van der Waals surface area contributed by atoms with Crippen molar-refractivity contribution in [2.75, 3.05) is 4.90 Å². The maximum atomic E-state index is 5.93. The van der Waals surface area contributed by atoms with E-state index < -0.39 is 0 Å². The molecule has 2 aromatic heterocycles. The van der Waals surface area contributed by atoms with Gasteiger partial charge in [-0.3, -0.25) is 4.98 Å². The third-order valence-electron chi connectivity index (χ3n) is 5.96. The van der Waals surface area contributed by atoms with Gasteiger partial charge in [-0.2, -0.15) is 0 Å². The Morgan fingerprint density at radius 2 is 1.28 bits per heavy atom. The van der Waals surface area contributed by atoms with Crippen LogP contribution in [-0.2, 0) is 0 Å². The zero-order valence-electron chi connectivity index (χ0n) is 19.5. The Morgan fingerprint density at radius 3 is 1.94 bits per heavy atom. The number of oxazole rings is 1. The maximum absolute atomic E-state index is 5.93. The monoisotopic (exact) mass is 465 g/mol. The van der Waals surface area contributed by atoms with Crippen LogP contribution in [-0.4, -0.2) is 9.97 Å². The number of hydrogen-bond donors (Lipinski definition) is 0. The van der Waals surface area contributed by atoms with E-state index in [1.54, 1.807) is 6.20 Å². The Hall–Kier alpha value is -4.96. The van der Waals surface area contributed by atoms with Crippen LogP contribution in [0.2, 0.25) is 0 Å². The lowest BCUT2D eigenvalue weighted by Crippen LogP contribution is -2.09. The van der Waals surface area contributed by atoms with Crippen LogP contribution in [0.4, 0.5) is 17.1 Å². The molecule has 0 bridgehead atoms. The molecule has 4 heteroatoms. The molecule has 0 fully saturated rings. The Kier molecular flexibility index (Phi) is 5.83. The first kappa shape index (κ1) is 21.6. The molecule has 0 atom stereocenters. The van der Waals surface area contributed by atoms with Crippen LogP contribution in [0, 0.1) is 0 Å². The van der Waals surface area contributed by atoms with E-state index in [-0.39, 0.29) is 0 Å². The van der Waals surface area contributed by atoms with Crippen molar-refractivity contribution in [2.24, 2.45) is 0 Å². The summed E-state index contributed by atoms with van der Waals surface area (Å²) in [4.78, 5) is 11.3. The van der Waals surface area contributed by atoms with Crippen LogP contribution >= 0.6 is 0 Å². The average Bonchev–Trinajstić information content (AvgIpc) is 3.37. The lowest BCUT2D eigenvalue weighted by atomic mass is 10.1. The first-order valence-electron chi connectivity index (χ1n) is 11.8. The fourth-order valence-corrected chi connectivity index (χ4v) is 4.21. The maximum Gasteiger partial charge on any atom is 0.220 e. The van der Waals surface area contributed by atoms with Gasteiger partial charge < -0.3 is 9.32 Å². The van der Waals surface area contributed by atoms with Gasteiger partial charge in [-0.15, -0.1) is 0 Å². The molecule has 0 aliphatic rings. The Morgan fingerprint density at radius 1 is 0.611 bits per heavy atom. The second-order valence-electron chi connectivity index (χ2n) is 8.38. The van der Waals surface area contributed by atoms with Gasteiger partial charge in [0.1, 0.15) is 5.52 Å². The van der Waals surface area contributed by atoms with Gasteiger partial charge in [0.15, 0.2) is 5.58 Å². The predicted molar refractivity (Wildman–Crippen MR) is 147 cm³/mol. The number of anilines is 3. The second-order valence-corrected chi connectivity index (χ2v) is 8.38. The smallest absolute Gasteiger partial charge is 0.220 e. The van der Waals surface area contributed by atoms with Crippen molar-refractivity contribution < 1.29 is 4.42 Å². The number of rotatable bonds is 6. The van der Waals surface area contributed by atoms with E-state index in [2.05, 4.69) is 87.7 Å². The molecular weight excluding hydrogens is 442 g/mol. The summed E-state index contributed by atoms with van der Waals surface area (Å²) >= 11 is 0. The van der Waals surface area contributed by atoms with Crippen molar-refractivity contribution in [3.8, 4) is 11.3 Å². The zero-order chi connectivity index (χ0) is 24.2. The SMILES string of the molecule is C(=Cc1nc2cc(-c3ccccn3)ccc2o1)c1ccc(N(c2ccccc2)c2ccccc2)cc1. The lowest BCUT2D eigenvalue weighted by Gasteiger charge is -2.25. The van der Waals surface area contributed by atoms with E-state index in [1.807, 2.05) is 60.7 Å². The van der Waals surface area contributed by atoms with E-state index >= 15 is 0 Å². The van der Waals surface area contributed by atoms with Crippen molar-refractivity contribution in [2.45, 2.75) is 0 Å². The lowest BCUT2D eigenvalue weighted by molar-refractivity contribution is 0.590. The first-order chi connectivity index (χ1) is 17.8. The number of hydrogen-bond acceptors (Lipinski definition) is 4. The van der Waals surface area contributed by atoms with E-state index in [9.17, 15) is 0 Å². The molecule has 6 rings (SSSR count). The van der Waals surface area contributed by atoms with Crippen molar-refractivity contribution in [3.63, 3.8) is 0 Å². The van der Waals surface area contributed by atoms with Crippen LogP contribution in [0.5, 0.6) is 0 Å². The molecule has 36 heavy (non-hydrogen) atoms. The molecule has 2 heterocycles. The average molecular weight is 466 g/mol. The highest BCUT2D eigenvalue weighted by molar-refractivity contribution is 5.82. The molecular formula is C32H23N3O. The number of fused-ring (bicyclic) bond motifs is 1. The number of benzene rings is 4. The van der Waals surface area contributed by atoms with Gasteiger partial charge >= 0.3 is 0 Å². The van der Waals surface area contributed by atoms with Gasteiger partial charge in [0.05, 0.1) is 5.69 Å². The van der Waals surface area contributed by atoms with Crippen LogP contribution in [0.3, 0.4) is 0 Å². The molecule has 172 valence electrons. The highest BCUT2D eigenvalue weighted by Crippen LogP contribution is 2.34. The number of para-hydroxylation sites is 2. The summed E-state index contributed by atoms with van der Waals surface area (Å²) in [5, 5.41) is 0. The van der Waals surface area contributed by atoms with Gasteiger partial charge in [-0.05, 0) is 78.4 Å². The quantitative estimate of drug-likeness (QED) is 0.247. The van der Waals surface area contributed by atoms with E-state index in [1.165, 1.54) is 0 Å². The summed E-state index contributed by atoms with van der Waals surface area (Å²) in [7, 11) is 0. The van der Waals surface area contributed by atoms with Crippen molar-refractivity contribution >= 4 is 40.3 Å². The van der Waals surface area contributed by atoms with Gasteiger partial charge in [0.25, 0.3) is 0 Å². The number of pyridine rings is 1. The summed E-state index contributed by atoms with van der Waals surface area (Å²) in [6, 6.07) is 41.1. The molecule has 6 aromatic rings. The highest BCUT2D eigenvalue weighted by Gasteiger charge is 2.11. The molecule has 4 nitrogen and oxygen atoms in total. The Labute approximate surface area is 209 Å². The third-order valence-corrected chi connectivity index (χ3v) is 5.96. The Bertz CT molecular complexity index is 1570. The molecule has 0 radical (unpaired) electrons. The van der Waals surface area contributed by atoms with Crippen molar-refractivity contribution in [3.05, 3.63) is 139 Å². The summed E-state index contributed by atoms with van der Waals surface area (Å²) in [5.41, 5.74) is 7.89. The molecule has 0 spiro atoms. The fourth-order valence-electron chi connectivity index (χ4n) is 4.21. The molecule has 0 aliphatic carbocycles. The van der Waals surface area contributed by atoms with Crippen LogP contribution in [0.15, 0.2) is 132 Å². The van der Waals surface area contributed by atoms with Crippen molar-refractivity contribution in [1.29, 1.82) is 0 Å². The summed E-state index contributed by atoms with van der Waals surface area (Å²) in [5.74, 6) is 0.572. The van der Waals surface area contributed by atoms with Crippen LogP contribution < -0.4 is 4.90 Å². The standard InChI is InChI=1S/C32H23N3O/c1-3-9-26(10-4-1)35(27-11-5-2-6-12-27)28-18-14-24(15-19-28)16-21-32-34-30-23-25(17-20-31(30)36-32)29-13-7-8-22-33-29/h1-23H. The van der Waals surface area contributed by atoms with E-state index in [0.717, 1.165) is 45.0 Å². The largest absolute Gasteiger partial charge is 0.437 e. The topological polar surface area (TPSA) is 42.2 Å². The predicted octanol–water partition coefficient (Wildman–Crippen LogP) is 8.53. The van der Waals surface area contributed by atoms with Gasteiger partial charge in [0.2, 0.25) is 5.89 Å². The molecule has 0 amide bonds. The molecule has 0 aliphatic heterocycles. The molecule has 0 saturated carbocycles. The molecule has 0 unspecified atom stereocenters. The normalized spacial score (nSPS) is 11.2. The second kappa shape index (κ2) is 9.72. The van der Waals surface area contributed by atoms with Gasteiger partial charge in [-0.25, -0.2) is 4.98 Å². The molecule has 4 aromatic carbocycles. The summed E-state index contributed by atoms with van der Waals surface area (Å²) in [6.45, 7) is 0. The minimum Gasteiger partial charge on any atom is -0.437 e. The zero-order valence-corrected chi connectivity index (χ0v) is 19.5. The number of nitrogens with zero attached hydrogens (tertiary/aromatic N) is 3. The fraction of sp³-hybridized carbons (Fsp3) is 0. The molecule has 0 saturated heterocycles. The first-order valence-corrected chi connectivity index (χ1v) is 11.8. The highest BCUT2D eigenvalue weighted by atomic mass is 16.3. The van der Waals surface area contributed by atoms with Crippen LogP contribution in [0.1, 0.15) is 11.5 Å². The number of aromatic nitrogens is 2. The van der Waals surface area contributed by atoms with Crippen molar-refractivity contribution in [1.82, 2.24) is 9.97 Å². The summed E-state index contributed by atoms with van der Waals surface area (Å²) in [6.07, 6.45) is 5.71. The van der Waals surface area contributed by atoms with Gasteiger partial charge in [0, 0.05) is 34.9 Å².